The van der Waals surface area contributed by atoms with E-state index in [2.05, 4.69) is 43.0 Å². The molecule has 0 aromatic carbocycles. The summed E-state index contributed by atoms with van der Waals surface area (Å²) in [5, 5.41) is 4.28. The molecule has 0 fully saturated rings. The summed E-state index contributed by atoms with van der Waals surface area (Å²) in [6, 6.07) is 0. The molecule has 0 aliphatic rings. The summed E-state index contributed by atoms with van der Waals surface area (Å²) >= 11 is 1.83. The van der Waals surface area contributed by atoms with Crippen LogP contribution >= 0.6 is 11.8 Å². The fourth-order valence-corrected chi connectivity index (χ4v) is 2.48. The van der Waals surface area contributed by atoms with Gasteiger partial charge in [-0.25, -0.2) is 9.97 Å². The highest BCUT2D eigenvalue weighted by Gasteiger charge is 2.10. The third-order valence-corrected chi connectivity index (χ3v) is 3.92. The molecule has 0 bridgehead atoms. The van der Waals surface area contributed by atoms with E-state index in [9.17, 15) is 0 Å². The Morgan fingerprint density at radius 2 is 2.00 bits per heavy atom. The number of hydrogen-bond donors (Lipinski definition) is 1. The predicted octanol–water partition coefficient (Wildman–Crippen LogP) is 3.53. The van der Waals surface area contributed by atoms with Crippen molar-refractivity contribution in [1.29, 1.82) is 0 Å². The molecule has 0 spiro atoms. The minimum atomic E-state index is 0.682. The van der Waals surface area contributed by atoms with E-state index in [1.54, 1.807) is 0 Å². The molecule has 1 aromatic rings. The van der Waals surface area contributed by atoms with E-state index in [4.69, 9.17) is 0 Å². The van der Waals surface area contributed by atoms with Gasteiger partial charge in [-0.1, -0.05) is 20.8 Å². The van der Waals surface area contributed by atoms with E-state index in [-0.39, 0.29) is 0 Å². The summed E-state index contributed by atoms with van der Waals surface area (Å²) in [6.07, 6.45) is 2.03. The van der Waals surface area contributed by atoms with Crippen molar-refractivity contribution >= 4 is 17.6 Å². The van der Waals surface area contributed by atoms with Gasteiger partial charge in [-0.05, 0) is 19.3 Å². The first-order valence-electron chi connectivity index (χ1n) is 6.26. The predicted molar refractivity (Wildman–Crippen MR) is 75.9 cm³/mol. The van der Waals surface area contributed by atoms with E-state index in [0.717, 1.165) is 40.8 Å². The van der Waals surface area contributed by atoms with Crippen molar-refractivity contribution in [2.45, 2.75) is 45.6 Å². The Morgan fingerprint density at radius 1 is 1.29 bits per heavy atom. The Bertz CT molecular complexity index is 364. The van der Waals surface area contributed by atoms with E-state index in [0.29, 0.717) is 5.92 Å². The van der Waals surface area contributed by atoms with E-state index in [1.807, 2.05) is 18.8 Å². The molecule has 0 atom stereocenters. The van der Waals surface area contributed by atoms with Crippen molar-refractivity contribution in [3.8, 4) is 0 Å². The second-order valence-corrected chi connectivity index (χ2v) is 5.63. The van der Waals surface area contributed by atoms with Gasteiger partial charge in [0.2, 0.25) is 0 Å². The highest BCUT2D eigenvalue weighted by atomic mass is 32.2. The van der Waals surface area contributed by atoms with Gasteiger partial charge in [-0.3, -0.25) is 0 Å². The fourth-order valence-electron chi connectivity index (χ4n) is 1.51. The highest BCUT2D eigenvalue weighted by molar-refractivity contribution is 7.99. The molecule has 4 heteroatoms. The fraction of sp³-hybridized carbons (Fsp3) is 0.692. The van der Waals surface area contributed by atoms with Crippen LogP contribution in [0.1, 0.15) is 38.6 Å². The largest absolute Gasteiger partial charge is 0.373 e. The molecule has 1 rings (SSSR count). The first kappa shape index (κ1) is 14.3. The molecule has 0 aliphatic carbocycles. The number of rotatable bonds is 6. The van der Waals surface area contributed by atoms with Crippen molar-refractivity contribution in [3.63, 3.8) is 0 Å². The van der Waals surface area contributed by atoms with Crippen LogP contribution in [0.25, 0.3) is 0 Å². The Balaban J connectivity index is 2.96. The van der Waals surface area contributed by atoms with Gasteiger partial charge in [0.1, 0.15) is 16.7 Å². The normalized spacial score (nSPS) is 10.9. The molecule has 3 nitrogen and oxygen atoms in total. The number of aryl methyl sites for hydroxylation is 1. The lowest BCUT2D eigenvalue weighted by molar-refractivity contribution is 0.747. The summed E-state index contributed by atoms with van der Waals surface area (Å²) < 4.78 is 0. The number of anilines is 1. The van der Waals surface area contributed by atoms with Crippen molar-refractivity contribution < 1.29 is 0 Å². The number of nitrogens with one attached hydrogen (secondary N) is 1. The zero-order valence-electron chi connectivity index (χ0n) is 11.5. The van der Waals surface area contributed by atoms with Crippen LogP contribution < -0.4 is 5.32 Å². The van der Waals surface area contributed by atoms with Crippen LogP contribution in [0.2, 0.25) is 0 Å². The van der Waals surface area contributed by atoms with Crippen LogP contribution in [0.4, 0.5) is 5.82 Å². The molecule has 0 amide bonds. The average molecular weight is 253 g/mol. The number of aromatic nitrogens is 2. The van der Waals surface area contributed by atoms with Gasteiger partial charge in [-0.2, -0.15) is 0 Å². The average Bonchev–Trinajstić information content (AvgIpc) is 2.29. The molecule has 1 N–H and O–H groups in total. The second-order valence-electron chi connectivity index (χ2n) is 4.62. The lowest BCUT2D eigenvalue weighted by Crippen LogP contribution is -2.05. The first-order chi connectivity index (χ1) is 8.08. The monoisotopic (exact) mass is 253 g/mol. The molecule has 0 radical (unpaired) electrons. The zero-order valence-corrected chi connectivity index (χ0v) is 12.3. The third-order valence-electron chi connectivity index (χ3n) is 2.41. The summed E-state index contributed by atoms with van der Waals surface area (Å²) in [6.45, 7) is 8.71. The molecular formula is C13H23N3S. The molecule has 0 aliphatic heterocycles. The minimum Gasteiger partial charge on any atom is -0.373 e. The van der Waals surface area contributed by atoms with Crippen molar-refractivity contribution in [2.75, 3.05) is 18.1 Å². The van der Waals surface area contributed by atoms with E-state index >= 15 is 0 Å². The molecular weight excluding hydrogens is 230 g/mol. The molecule has 0 saturated carbocycles. The first-order valence-corrected chi connectivity index (χ1v) is 7.25. The Morgan fingerprint density at radius 3 is 2.53 bits per heavy atom. The van der Waals surface area contributed by atoms with Gasteiger partial charge in [0.15, 0.2) is 0 Å². The lowest BCUT2D eigenvalue weighted by Gasteiger charge is -2.12. The summed E-state index contributed by atoms with van der Waals surface area (Å²) in [4.78, 5) is 9.19. The second kappa shape index (κ2) is 6.84. The van der Waals surface area contributed by atoms with Crippen molar-refractivity contribution in [3.05, 3.63) is 11.4 Å². The quantitative estimate of drug-likeness (QED) is 0.622. The topological polar surface area (TPSA) is 37.8 Å². The zero-order chi connectivity index (χ0) is 12.8. The van der Waals surface area contributed by atoms with Crippen LogP contribution in [0.15, 0.2) is 5.03 Å². The summed E-state index contributed by atoms with van der Waals surface area (Å²) in [7, 11) is 1.92. The summed E-state index contributed by atoms with van der Waals surface area (Å²) in [5.41, 5.74) is 1.16. The van der Waals surface area contributed by atoms with E-state index < -0.39 is 0 Å². The molecule has 1 heterocycles. The van der Waals surface area contributed by atoms with Crippen LogP contribution in [-0.2, 0) is 6.42 Å². The lowest BCUT2D eigenvalue weighted by atomic mass is 10.3. The van der Waals surface area contributed by atoms with Crippen molar-refractivity contribution in [1.82, 2.24) is 9.97 Å². The maximum Gasteiger partial charge on any atom is 0.133 e. The highest BCUT2D eigenvalue weighted by Crippen LogP contribution is 2.26. The van der Waals surface area contributed by atoms with Gasteiger partial charge in [0.25, 0.3) is 0 Å². The van der Waals surface area contributed by atoms with Crippen LogP contribution in [0, 0.1) is 12.8 Å². The summed E-state index contributed by atoms with van der Waals surface area (Å²) in [5.74, 6) is 3.71. The van der Waals surface area contributed by atoms with Gasteiger partial charge < -0.3 is 5.32 Å². The molecule has 0 unspecified atom stereocenters. The SMILES string of the molecule is CCCc1nc(NC)c(C)c(SCC(C)C)n1. The molecule has 96 valence electrons. The maximum atomic E-state index is 4.65. The smallest absolute Gasteiger partial charge is 0.133 e. The van der Waals surface area contributed by atoms with Gasteiger partial charge in [0.05, 0.1) is 0 Å². The number of nitrogens with zero attached hydrogens (tertiary/aromatic N) is 2. The van der Waals surface area contributed by atoms with E-state index in [1.165, 1.54) is 0 Å². The Labute approximate surface area is 109 Å². The van der Waals surface area contributed by atoms with Crippen LogP contribution in [0.5, 0.6) is 0 Å². The maximum absolute atomic E-state index is 4.65. The van der Waals surface area contributed by atoms with Crippen molar-refractivity contribution in [2.24, 2.45) is 5.92 Å². The number of thioether (sulfide) groups is 1. The van der Waals surface area contributed by atoms with Crippen LogP contribution in [0.3, 0.4) is 0 Å². The third kappa shape index (κ3) is 4.19. The molecule has 1 aromatic heterocycles. The molecule has 0 saturated heterocycles. The van der Waals surface area contributed by atoms with Gasteiger partial charge >= 0.3 is 0 Å². The minimum absolute atomic E-state index is 0.682. The number of hydrogen-bond acceptors (Lipinski definition) is 4. The van der Waals surface area contributed by atoms with Gasteiger partial charge in [0, 0.05) is 24.8 Å². The van der Waals surface area contributed by atoms with Crippen LogP contribution in [-0.4, -0.2) is 22.8 Å². The Kier molecular flexibility index (Phi) is 5.75. The Hall–Kier alpha value is -0.770. The van der Waals surface area contributed by atoms with Gasteiger partial charge in [-0.15, -0.1) is 11.8 Å². The standard InChI is InChI=1S/C13H23N3S/c1-6-7-11-15-12(14-5)10(4)13(16-11)17-8-9(2)3/h9H,6-8H2,1-5H3,(H,14,15,16). The molecule has 17 heavy (non-hydrogen) atoms.